The van der Waals surface area contributed by atoms with Gasteiger partial charge in [-0.05, 0) is 49.2 Å². The van der Waals surface area contributed by atoms with Crippen molar-refractivity contribution >= 4 is 28.4 Å². The average Bonchev–Trinajstić information content (AvgIpc) is 3.60. The number of imidazole rings is 1. The zero-order valence-electron chi connectivity index (χ0n) is 19.1. The molecular formula is C28H25N5O2. The standard InChI is InChI=1S/C28H25N5O2/c34-28(31-21-14-15-21)20-12-10-19(11-13-20)25-18-30-27-26(29-16-17-35-22-6-2-1-3-7-22)32-23-8-4-5-9-24(23)33(25)27/h1-13,18,21H,14-17H2,(H,29,32)(H,31,34). The second-order valence-corrected chi connectivity index (χ2v) is 8.66. The number of hydrogen-bond acceptors (Lipinski definition) is 5. The van der Waals surface area contributed by atoms with Crippen LogP contribution >= 0.6 is 0 Å². The maximum absolute atomic E-state index is 12.4. The van der Waals surface area contributed by atoms with E-state index in [1.54, 1.807) is 0 Å². The number of benzene rings is 3. The van der Waals surface area contributed by atoms with Gasteiger partial charge in [-0.3, -0.25) is 9.20 Å². The summed E-state index contributed by atoms with van der Waals surface area (Å²) >= 11 is 0. The Morgan fingerprint density at radius 3 is 2.54 bits per heavy atom. The first kappa shape index (κ1) is 21.2. The minimum Gasteiger partial charge on any atom is -0.492 e. The molecule has 7 nitrogen and oxygen atoms in total. The summed E-state index contributed by atoms with van der Waals surface area (Å²) in [5.41, 5.74) is 5.17. The Morgan fingerprint density at radius 2 is 1.74 bits per heavy atom. The molecule has 5 aromatic rings. The lowest BCUT2D eigenvalue weighted by atomic mass is 10.1. The smallest absolute Gasteiger partial charge is 0.251 e. The van der Waals surface area contributed by atoms with E-state index in [9.17, 15) is 4.79 Å². The topological polar surface area (TPSA) is 80.5 Å². The predicted octanol–water partition coefficient (Wildman–Crippen LogP) is 4.93. The third kappa shape index (κ3) is 4.40. The SMILES string of the molecule is O=C(NC1CC1)c1ccc(-c2cnc3c(NCCOc4ccccc4)nc4ccccc4n23)cc1. The normalized spacial score (nSPS) is 13.1. The molecule has 174 valence electrons. The van der Waals surface area contributed by atoms with Crippen molar-refractivity contribution in [1.82, 2.24) is 19.7 Å². The summed E-state index contributed by atoms with van der Waals surface area (Å²) < 4.78 is 7.92. The van der Waals surface area contributed by atoms with Gasteiger partial charge in [0.05, 0.1) is 29.5 Å². The van der Waals surface area contributed by atoms with Crippen molar-refractivity contribution in [2.45, 2.75) is 18.9 Å². The van der Waals surface area contributed by atoms with E-state index in [1.165, 1.54) is 0 Å². The summed E-state index contributed by atoms with van der Waals surface area (Å²) in [7, 11) is 0. The molecule has 1 saturated carbocycles. The van der Waals surface area contributed by atoms with Gasteiger partial charge in [-0.15, -0.1) is 0 Å². The number of ether oxygens (including phenoxy) is 1. The largest absolute Gasteiger partial charge is 0.492 e. The van der Waals surface area contributed by atoms with Gasteiger partial charge >= 0.3 is 0 Å². The number of aromatic nitrogens is 3. The highest BCUT2D eigenvalue weighted by molar-refractivity contribution is 5.95. The first-order valence-corrected chi connectivity index (χ1v) is 11.9. The Morgan fingerprint density at radius 1 is 0.971 bits per heavy atom. The van der Waals surface area contributed by atoms with E-state index in [1.807, 2.05) is 85.1 Å². The van der Waals surface area contributed by atoms with E-state index >= 15 is 0 Å². The van der Waals surface area contributed by atoms with Crippen LogP contribution < -0.4 is 15.4 Å². The average molecular weight is 464 g/mol. The summed E-state index contributed by atoms with van der Waals surface area (Å²) in [4.78, 5) is 21.9. The minimum atomic E-state index is -0.0175. The molecule has 1 amide bonds. The van der Waals surface area contributed by atoms with Crippen molar-refractivity contribution in [1.29, 1.82) is 0 Å². The van der Waals surface area contributed by atoms with Crippen LogP contribution in [-0.4, -0.2) is 39.5 Å². The van der Waals surface area contributed by atoms with E-state index in [4.69, 9.17) is 14.7 Å². The molecule has 35 heavy (non-hydrogen) atoms. The summed E-state index contributed by atoms with van der Waals surface area (Å²) in [5.74, 6) is 1.52. The monoisotopic (exact) mass is 463 g/mol. The summed E-state index contributed by atoms with van der Waals surface area (Å²) in [6.07, 6.45) is 4.00. The van der Waals surface area contributed by atoms with Gasteiger partial charge in [-0.1, -0.05) is 42.5 Å². The van der Waals surface area contributed by atoms with Crippen molar-refractivity contribution in [3.8, 4) is 17.0 Å². The Balaban J connectivity index is 1.29. The van der Waals surface area contributed by atoms with Crippen LogP contribution in [-0.2, 0) is 0 Å². The van der Waals surface area contributed by atoms with E-state index < -0.39 is 0 Å². The molecule has 2 heterocycles. The first-order valence-electron chi connectivity index (χ1n) is 11.9. The molecule has 1 aliphatic carbocycles. The number of anilines is 1. The van der Waals surface area contributed by atoms with Crippen LogP contribution in [0.1, 0.15) is 23.2 Å². The number of carbonyl (C=O) groups is 1. The van der Waals surface area contributed by atoms with Crippen LogP contribution in [0.25, 0.3) is 27.9 Å². The number of amides is 1. The Bertz CT molecular complexity index is 1490. The molecular weight excluding hydrogens is 438 g/mol. The molecule has 0 aliphatic heterocycles. The lowest BCUT2D eigenvalue weighted by molar-refractivity contribution is 0.0951. The first-order chi connectivity index (χ1) is 17.3. The summed E-state index contributed by atoms with van der Waals surface area (Å²) in [5, 5.41) is 6.43. The highest BCUT2D eigenvalue weighted by atomic mass is 16.5. The van der Waals surface area contributed by atoms with Crippen molar-refractivity contribution in [2.75, 3.05) is 18.5 Å². The van der Waals surface area contributed by atoms with Crippen LogP contribution in [0.15, 0.2) is 85.1 Å². The van der Waals surface area contributed by atoms with E-state index in [0.717, 1.165) is 46.5 Å². The quantitative estimate of drug-likeness (QED) is 0.319. The molecule has 0 spiro atoms. The zero-order valence-corrected chi connectivity index (χ0v) is 19.1. The van der Waals surface area contributed by atoms with Crippen molar-refractivity contribution in [3.05, 3.63) is 90.6 Å². The number of para-hydroxylation sites is 3. The molecule has 3 aromatic carbocycles. The number of carbonyl (C=O) groups excluding carboxylic acids is 1. The lowest BCUT2D eigenvalue weighted by Crippen LogP contribution is -2.25. The number of nitrogens with zero attached hydrogens (tertiary/aromatic N) is 3. The van der Waals surface area contributed by atoms with Crippen LogP contribution in [0.4, 0.5) is 5.82 Å². The predicted molar refractivity (Wildman–Crippen MR) is 137 cm³/mol. The molecule has 0 bridgehead atoms. The van der Waals surface area contributed by atoms with E-state index in [-0.39, 0.29) is 5.91 Å². The second-order valence-electron chi connectivity index (χ2n) is 8.66. The van der Waals surface area contributed by atoms with Crippen molar-refractivity contribution < 1.29 is 9.53 Å². The van der Waals surface area contributed by atoms with Gasteiger partial charge < -0.3 is 15.4 Å². The van der Waals surface area contributed by atoms with Crippen LogP contribution in [0.5, 0.6) is 5.75 Å². The van der Waals surface area contributed by atoms with Gasteiger partial charge in [-0.25, -0.2) is 9.97 Å². The van der Waals surface area contributed by atoms with Gasteiger partial charge in [-0.2, -0.15) is 0 Å². The number of hydrogen-bond donors (Lipinski definition) is 2. The Labute approximate surface area is 202 Å². The fourth-order valence-electron chi connectivity index (χ4n) is 4.15. The van der Waals surface area contributed by atoms with Gasteiger partial charge in [0.15, 0.2) is 11.5 Å². The summed E-state index contributed by atoms with van der Waals surface area (Å²) in [6, 6.07) is 25.8. The van der Waals surface area contributed by atoms with Crippen molar-refractivity contribution in [2.24, 2.45) is 0 Å². The lowest BCUT2D eigenvalue weighted by Gasteiger charge is -2.12. The van der Waals surface area contributed by atoms with Crippen LogP contribution in [0.2, 0.25) is 0 Å². The molecule has 0 unspecified atom stereocenters. The van der Waals surface area contributed by atoms with Gasteiger partial charge in [0.1, 0.15) is 12.4 Å². The Kier molecular flexibility index (Phi) is 5.50. The molecule has 2 N–H and O–H groups in total. The number of rotatable bonds is 8. The molecule has 6 rings (SSSR count). The van der Waals surface area contributed by atoms with Crippen molar-refractivity contribution in [3.63, 3.8) is 0 Å². The minimum absolute atomic E-state index is 0.0175. The number of fused-ring (bicyclic) bond motifs is 3. The molecule has 1 fully saturated rings. The summed E-state index contributed by atoms with van der Waals surface area (Å²) in [6.45, 7) is 1.09. The van der Waals surface area contributed by atoms with Gasteiger partial charge in [0.2, 0.25) is 0 Å². The zero-order chi connectivity index (χ0) is 23.6. The third-order valence-corrected chi connectivity index (χ3v) is 6.09. The third-order valence-electron chi connectivity index (χ3n) is 6.09. The highest BCUT2D eigenvalue weighted by Gasteiger charge is 2.23. The molecule has 0 radical (unpaired) electrons. The molecule has 0 atom stereocenters. The van der Waals surface area contributed by atoms with E-state index in [2.05, 4.69) is 15.0 Å². The fraction of sp³-hybridized carbons (Fsp3) is 0.179. The van der Waals surface area contributed by atoms with Crippen LogP contribution in [0, 0.1) is 0 Å². The van der Waals surface area contributed by atoms with Gasteiger partial charge in [0, 0.05) is 17.2 Å². The van der Waals surface area contributed by atoms with Gasteiger partial charge in [0.25, 0.3) is 5.91 Å². The maximum Gasteiger partial charge on any atom is 0.251 e. The fourth-order valence-corrected chi connectivity index (χ4v) is 4.15. The molecule has 7 heteroatoms. The maximum atomic E-state index is 12.4. The molecule has 0 saturated heterocycles. The van der Waals surface area contributed by atoms with E-state index in [0.29, 0.717) is 30.6 Å². The Hall–Kier alpha value is -4.39. The second kappa shape index (κ2) is 9.10. The van der Waals surface area contributed by atoms with Crippen LogP contribution in [0.3, 0.4) is 0 Å². The number of nitrogens with one attached hydrogen (secondary N) is 2. The highest BCUT2D eigenvalue weighted by Crippen LogP contribution is 2.29. The molecule has 2 aromatic heterocycles. The molecule has 1 aliphatic rings.